The van der Waals surface area contributed by atoms with Crippen LogP contribution in [-0.2, 0) is 5.41 Å². The molecule has 0 aromatic heterocycles. The van der Waals surface area contributed by atoms with Gasteiger partial charge in [-0.2, -0.15) is 0 Å². The number of ether oxygens (including phenoxy) is 1. The quantitative estimate of drug-likeness (QED) is 0.575. The Bertz CT molecular complexity index is 780. The molecule has 0 fully saturated rings. The van der Waals surface area contributed by atoms with E-state index in [1.807, 2.05) is 12.1 Å². The second-order valence-electron chi connectivity index (χ2n) is 6.62. The van der Waals surface area contributed by atoms with E-state index < -0.39 is 0 Å². The van der Waals surface area contributed by atoms with Gasteiger partial charge in [-0.05, 0) is 59.6 Å². The Morgan fingerprint density at radius 2 is 1.76 bits per heavy atom. The Kier molecular flexibility index (Phi) is 5.64. The third-order valence-electron chi connectivity index (χ3n) is 3.69. The van der Waals surface area contributed by atoms with Crippen LogP contribution in [0.2, 0.25) is 0 Å². The zero-order valence-electron chi connectivity index (χ0n) is 14.7. The Morgan fingerprint density at radius 1 is 1.12 bits per heavy atom. The molecule has 2 rings (SSSR count). The molecule has 0 heterocycles. The zero-order valence-corrected chi connectivity index (χ0v) is 15.5. The van der Waals surface area contributed by atoms with Gasteiger partial charge >= 0.3 is 0 Å². The molecular weight excluding hydrogens is 336 g/mol. The summed E-state index contributed by atoms with van der Waals surface area (Å²) in [5.74, 6) is 0.391. The number of aromatic hydroxyl groups is 1. The van der Waals surface area contributed by atoms with Crippen LogP contribution in [-0.4, -0.2) is 23.2 Å². The van der Waals surface area contributed by atoms with Gasteiger partial charge in [0.05, 0.1) is 12.8 Å². The maximum absolute atomic E-state index is 12.2. The lowest BCUT2D eigenvalue weighted by atomic mass is 9.87. The van der Waals surface area contributed by atoms with Gasteiger partial charge in [-0.15, -0.1) is 0 Å². The van der Waals surface area contributed by atoms with Crippen LogP contribution in [0.25, 0.3) is 0 Å². The number of benzene rings is 2. The zero-order chi connectivity index (χ0) is 18.6. The predicted molar refractivity (Wildman–Crippen MR) is 103 cm³/mol. The fraction of sp³-hybridized carbons (Fsp3) is 0.263. The molecular formula is C19H22N2O3S. The highest BCUT2D eigenvalue weighted by molar-refractivity contribution is 7.80. The highest BCUT2D eigenvalue weighted by Crippen LogP contribution is 2.30. The van der Waals surface area contributed by atoms with Gasteiger partial charge in [0.25, 0.3) is 5.91 Å². The smallest absolute Gasteiger partial charge is 0.257 e. The van der Waals surface area contributed by atoms with Crippen molar-refractivity contribution in [1.29, 1.82) is 0 Å². The first kappa shape index (κ1) is 18.7. The topological polar surface area (TPSA) is 70.6 Å². The van der Waals surface area contributed by atoms with Crippen LogP contribution in [0.4, 0.5) is 5.69 Å². The molecule has 5 nitrogen and oxygen atoms in total. The maximum Gasteiger partial charge on any atom is 0.257 e. The molecule has 0 spiro atoms. The molecule has 0 radical (unpaired) electrons. The van der Waals surface area contributed by atoms with E-state index in [9.17, 15) is 9.90 Å². The van der Waals surface area contributed by atoms with E-state index in [0.717, 1.165) is 5.56 Å². The normalized spacial score (nSPS) is 10.9. The molecule has 2 aromatic rings. The Morgan fingerprint density at radius 3 is 2.32 bits per heavy atom. The van der Waals surface area contributed by atoms with Gasteiger partial charge in [0.2, 0.25) is 0 Å². The van der Waals surface area contributed by atoms with Crippen molar-refractivity contribution in [2.45, 2.75) is 26.2 Å². The summed E-state index contributed by atoms with van der Waals surface area (Å²) in [6, 6.07) is 12.0. The molecule has 0 bridgehead atoms. The fourth-order valence-electron chi connectivity index (χ4n) is 2.17. The van der Waals surface area contributed by atoms with Crippen LogP contribution in [0, 0.1) is 0 Å². The molecule has 0 saturated heterocycles. The van der Waals surface area contributed by atoms with Gasteiger partial charge in [-0.1, -0.05) is 26.8 Å². The van der Waals surface area contributed by atoms with E-state index in [1.165, 1.54) is 0 Å². The van der Waals surface area contributed by atoms with Gasteiger partial charge in [-0.25, -0.2) is 0 Å². The molecule has 0 saturated carbocycles. The van der Waals surface area contributed by atoms with Gasteiger partial charge in [0.15, 0.2) is 5.11 Å². The third-order valence-corrected chi connectivity index (χ3v) is 3.89. The lowest BCUT2D eigenvalue weighted by molar-refractivity contribution is 0.0977. The first-order valence-electron chi connectivity index (χ1n) is 7.80. The third kappa shape index (κ3) is 4.93. The van der Waals surface area contributed by atoms with E-state index in [-0.39, 0.29) is 22.2 Å². The van der Waals surface area contributed by atoms with Gasteiger partial charge < -0.3 is 15.2 Å². The van der Waals surface area contributed by atoms with Crippen LogP contribution in [0.15, 0.2) is 42.5 Å². The first-order valence-corrected chi connectivity index (χ1v) is 8.21. The number of hydrogen-bond acceptors (Lipinski definition) is 4. The highest BCUT2D eigenvalue weighted by atomic mass is 32.1. The van der Waals surface area contributed by atoms with Crippen molar-refractivity contribution in [1.82, 2.24) is 5.32 Å². The first-order chi connectivity index (χ1) is 11.7. The van der Waals surface area contributed by atoms with E-state index in [1.54, 1.807) is 37.4 Å². The van der Waals surface area contributed by atoms with Crippen LogP contribution in [0.5, 0.6) is 11.5 Å². The second kappa shape index (κ2) is 7.53. The monoisotopic (exact) mass is 358 g/mol. The maximum atomic E-state index is 12.2. The predicted octanol–water partition coefficient (Wildman–Crippen LogP) is 3.83. The lowest BCUT2D eigenvalue weighted by Crippen LogP contribution is -2.34. The molecule has 1 amide bonds. The summed E-state index contributed by atoms with van der Waals surface area (Å²) in [5, 5.41) is 15.6. The second-order valence-corrected chi connectivity index (χ2v) is 7.03. The van der Waals surface area contributed by atoms with Gasteiger partial charge in [-0.3, -0.25) is 10.1 Å². The molecule has 0 unspecified atom stereocenters. The number of thiocarbonyl (C=S) groups is 1. The van der Waals surface area contributed by atoms with Gasteiger partial charge in [0, 0.05) is 5.56 Å². The summed E-state index contributed by atoms with van der Waals surface area (Å²) < 4.78 is 5.06. The largest absolute Gasteiger partial charge is 0.506 e. The Hall–Kier alpha value is -2.60. The van der Waals surface area contributed by atoms with Crippen molar-refractivity contribution < 1.29 is 14.6 Å². The van der Waals surface area contributed by atoms with Crippen molar-refractivity contribution in [2.24, 2.45) is 0 Å². The Labute approximate surface area is 153 Å². The number of hydrogen-bond donors (Lipinski definition) is 3. The molecule has 25 heavy (non-hydrogen) atoms. The number of nitrogens with one attached hydrogen (secondary N) is 2. The number of phenols is 1. The number of amides is 1. The van der Waals surface area contributed by atoms with Crippen molar-refractivity contribution in [3.63, 3.8) is 0 Å². The minimum atomic E-state index is -0.341. The molecule has 6 heteroatoms. The van der Waals surface area contributed by atoms with E-state index in [2.05, 4.69) is 31.4 Å². The molecule has 132 valence electrons. The highest BCUT2D eigenvalue weighted by Gasteiger charge is 2.16. The molecule has 0 aliphatic heterocycles. The van der Waals surface area contributed by atoms with Crippen molar-refractivity contribution in [3.8, 4) is 11.5 Å². The average Bonchev–Trinajstić information content (AvgIpc) is 2.55. The molecule has 2 aromatic carbocycles. The number of methoxy groups -OCH3 is 1. The standard InChI is InChI=1S/C19H22N2O3S/c1-19(2,3)13-7-10-16(22)15(11-13)20-18(25)21-17(23)12-5-8-14(24-4)9-6-12/h5-11,22H,1-4H3,(H2,20,21,23,25). The molecule has 0 aliphatic carbocycles. The van der Waals surface area contributed by atoms with E-state index >= 15 is 0 Å². The lowest BCUT2D eigenvalue weighted by Gasteiger charge is -2.21. The summed E-state index contributed by atoms with van der Waals surface area (Å²) in [6.45, 7) is 6.23. The average molecular weight is 358 g/mol. The Balaban J connectivity index is 2.08. The van der Waals surface area contributed by atoms with Crippen molar-refractivity contribution >= 4 is 28.9 Å². The summed E-state index contributed by atoms with van der Waals surface area (Å²) in [7, 11) is 1.56. The fourth-order valence-corrected chi connectivity index (χ4v) is 2.38. The summed E-state index contributed by atoms with van der Waals surface area (Å²) in [4.78, 5) is 12.2. The van der Waals surface area contributed by atoms with Crippen molar-refractivity contribution in [3.05, 3.63) is 53.6 Å². The van der Waals surface area contributed by atoms with Crippen molar-refractivity contribution in [2.75, 3.05) is 12.4 Å². The number of carbonyl (C=O) groups is 1. The number of anilines is 1. The van der Waals surface area contributed by atoms with Crippen LogP contribution < -0.4 is 15.4 Å². The minimum Gasteiger partial charge on any atom is -0.506 e. The number of rotatable bonds is 3. The van der Waals surface area contributed by atoms with E-state index in [4.69, 9.17) is 17.0 Å². The van der Waals surface area contributed by atoms with Gasteiger partial charge in [0.1, 0.15) is 11.5 Å². The minimum absolute atomic E-state index is 0.0639. The van der Waals surface area contributed by atoms with Crippen LogP contribution >= 0.6 is 12.2 Å². The van der Waals surface area contributed by atoms with E-state index in [0.29, 0.717) is 17.0 Å². The summed E-state index contributed by atoms with van der Waals surface area (Å²) in [6.07, 6.45) is 0. The number of carbonyl (C=O) groups excluding carboxylic acids is 1. The molecule has 0 aliphatic rings. The van der Waals surface area contributed by atoms with Crippen LogP contribution in [0.3, 0.4) is 0 Å². The summed E-state index contributed by atoms with van der Waals surface area (Å²) >= 11 is 5.18. The number of phenolic OH excluding ortho intramolecular Hbond substituents is 1. The van der Waals surface area contributed by atoms with Crippen LogP contribution in [0.1, 0.15) is 36.7 Å². The molecule has 3 N–H and O–H groups in total. The summed E-state index contributed by atoms with van der Waals surface area (Å²) in [5.41, 5.74) is 1.88. The molecule has 0 atom stereocenters. The SMILES string of the molecule is COc1ccc(C(=O)NC(=S)Nc2cc(C(C)(C)C)ccc2O)cc1.